The van der Waals surface area contributed by atoms with Gasteiger partial charge in [0, 0.05) is 24.7 Å². The first-order valence-corrected chi connectivity index (χ1v) is 8.97. The topological polar surface area (TPSA) is 79.7 Å². The van der Waals surface area contributed by atoms with Crippen LogP contribution in [0.1, 0.15) is 37.2 Å². The molecule has 1 amide bonds. The van der Waals surface area contributed by atoms with E-state index in [0.29, 0.717) is 19.5 Å². The standard InChI is InChI=1S/C19H22N6O/c1-14-12-24(18(26)9-5-6-15-10-20-21-11-15)13-17-22-23-19(25(14)17)16-7-3-2-4-8-16/h2-4,7-8,10-11,14H,5-6,9,12-13H2,1H3,(H,20,21)/t14-/m0/s1. The summed E-state index contributed by atoms with van der Waals surface area (Å²) in [7, 11) is 0. The van der Waals surface area contributed by atoms with E-state index in [2.05, 4.69) is 31.9 Å². The zero-order valence-corrected chi connectivity index (χ0v) is 14.8. The second-order valence-electron chi connectivity index (χ2n) is 6.76. The zero-order chi connectivity index (χ0) is 17.9. The van der Waals surface area contributed by atoms with Gasteiger partial charge in [0.25, 0.3) is 0 Å². The van der Waals surface area contributed by atoms with E-state index in [-0.39, 0.29) is 11.9 Å². The summed E-state index contributed by atoms with van der Waals surface area (Å²) in [6.45, 7) is 3.33. The summed E-state index contributed by atoms with van der Waals surface area (Å²) in [5.74, 6) is 1.90. The summed E-state index contributed by atoms with van der Waals surface area (Å²) in [5.41, 5.74) is 2.19. The minimum atomic E-state index is 0.154. The van der Waals surface area contributed by atoms with Gasteiger partial charge < -0.3 is 9.47 Å². The first-order chi connectivity index (χ1) is 12.7. The molecule has 0 fully saturated rings. The number of benzene rings is 1. The number of nitrogens with one attached hydrogen (secondary N) is 1. The summed E-state index contributed by atoms with van der Waals surface area (Å²) in [4.78, 5) is 14.5. The maximum absolute atomic E-state index is 12.6. The van der Waals surface area contributed by atoms with E-state index in [1.807, 2.05) is 41.4 Å². The SMILES string of the molecule is C[C@H]1CN(C(=O)CCCc2cn[nH]c2)Cc2nnc(-c3ccccc3)n21. The molecule has 0 unspecified atom stereocenters. The van der Waals surface area contributed by atoms with Gasteiger partial charge in [-0.15, -0.1) is 10.2 Å². The third-order valence-electron chi connectivity index (χ3n) is 4.82. The average Bonchev–Trinajstić information content (AvgIpc) is 3.32. The first kappa shape index (κ1) is 16.5. The van der Waals surface area contributed by atoms with Crippen LogP contribution >= 0.6 is 0 Å². The minimum absolute atomic E-state index is 0.154. The number of carbonyl (C=O) groups is 1. The van der Waals surface area contributed by atoms with Crippen molar-refractivity contribution in [1.29, 1.82) is 0 Å². The van der Waals surface area contributed by atoms with E-state index < -0.39 is 0 Å². The lowest BCUT2D eigenvalue weighted by Gasteiger charge is -2.32. The third-order valence-corrected chi connectivity index (χ3v) is 4.82. The Labute approximate surface area is 152 Å². The Hall–Kier alpha value is -2.96. The molecule has 1 aliphatic heterocycles. The summed E-state index contributed by atoms with van der Waals surface area (Å²) in [5, 5.41) is 15.5. The highest BCUT2D eigenvalue weighted by molar-refractivity contribution is 5.76. The number of rotatable bonds is 5. The van der Waals surface area contributed by atoms with Crippen molar-refractivity contribution in [3.63, 3.8) is 0 Å². The summed E-state index contributed by atoms with van der Waals surface area (Å²) in [6.07, 6.45) is 5.91. The van der Waals surface area contributed by atoms with Crippen molar-refractivity contribution < 1.29 is 4.79 Å². The van der Waals surface area contributed by atoms with Crippen LogP contribution in [0.25, 0.3) is 11.4 Å². The molecule has 3 heterocycles. The number of nitrogens with zero attached hydrogens (tertiary/aromatic N) is 5. The fraction of sp³-hybridized carbons (Fsp3) is 0.368. The molecule has 26 heavy (non-hydrogen) atoms. The van der Waals surface area contributed by atoms with E-state index in [1.165, 1.54) is 0 Å². The zero-order valence-electron chi connectivity index (χ0n) is 14.8. The van der Waals surface area contributed by atoms with Crippen LogP contribution in [-0.4, -0.2) is 42.3 Å². The molecule has 0 saturated heterocycles. The second-order valence-corrected chi connectivity index (χ2v) is 6.76. The summed E-state index contributed by atoms with van der Waals surface area (Å²) >= 11 is 0. The van der Waals surface area contributed by atoms with E-state index in [0.717, 1.165) is 35.6 Å². The molecule has 1 aromatic carbocycles. The largest absolute Gasteiger partial charge is 0.333 e. The van der Waals surface area contributed by atoms with Gasteiger partial charge in [0.1, 0.15) is 0 Å². The molecule has 0 radical (unpaired) electrons. The predicted molar refractivity (Wildman–Crippen MR) is 97.1 cm³/mol. The van der Waals surface area contributed by atoms with Gasteiger partial charge in [-0.3, -0.25) is 9.89 Å². The van der Waals surface area contributed by atoms with E-state index >= 15 is 0 Å². The lowest BCUT2D eigenvalue weighted by atomic mass is 10.1. The van der Waals surface area contributed by atoms with Gasteiger partial charge in [-0.1, -0.05) is 30.3 Å². The number of hydrogen-bond donors (Lipinski definition) is 1. The normalized spacial score (nSPS) is 16.5. The molecule has 4 rings (SSSR count). The predicted octanol–water partition coefficient (Wildman–Crippen LogP) is 2.59. The maximum Gasteiger partial charge on any atom is 0.223 e. The smallest absolute Gasteiger partial charge is 0.223 e. The van der Waals surface area contributed by atoms with Crippen molar-refractivity contribution in [2.24, 2.45) is 0 Å². The second kappa shape index (κ2) is 7.11. The van der Waals surface area contributed by atoms with Crippen LogP contribution in [0.2, 0.25) is 0 Å². The van der Waals surface area contributed by atoms with Crippen LogP contribution in [0, 0.1) is 0 Å². The highest BCUT2D eigenvalue weighted by Crippen LogP contribution is 2.27. The number of aromatic amines is 1. The highest BCUT2D eigenvalue weighted by atomic mass is 16.2. The van der Waals surface area contributed by atoms with Gasteiger partial charge in [-0.25, -0.2) is 0 Å². The number of aryl methyl sites for hydroxylation is 1. The van der Waals surface area contributed by atoms with E-state index in [1.54, 1.807) is 6.20 Å². The summed E-state index contributed by atoms with van der Waals surface area (Å²) < 4.78 is 2.16. The Morgan fingerprint density at radius 3 is 2.88 bits per heavy atom. The number of H-pyrrole nitrogens is 1. The van der Waals surface area contributed by atoms with Crippen molar-refractivity contribution in [1.82, 2.24) is 29.9 Å². The van der Waals surface area contributed by atoms with Crippen molar-refractivity contribution in [2.75, 3.05) is 6.54 Å². The van der Waals surface area contributed by atoms with Crippen molar-refractivity contribution in [3.05, 3.63) is 54.1 Å². The van der Waals surface area contributed by atoms with Gasteiger partial charge in [-0.2, -0.15) is 5.10 Å². The fourth-order valence-electron chi connectivity index (χ4n) is 3.52. The minimum Gasteiger partial charge on any atom is -0.333 e. The molecule has 3 aromatic rings. The maximum atomic E-state index is 12.6. The molecule has 2 aromatic heterocycles. The first-order valence-electron chi connectivity index (χ1n) is 8.97. The molecule has 7 nitrogen and oxygen atoms in total. The van der Waals surface area contributed by atoms with Crippen molar-refractivity contribution in [2.45, 2.75) is 38.8 Å². The van der Waals surface area contributed by atoms with Crippen LogP contribution in [0.5, 0.6) is 0 Å². The van der Waals surface area contributed by atoms with E-state index in [4.69, 9.17) is 0 Å². The van der Waals surface area contributed by atoms with Gasteiger partial charge in [0.2, 0.25) is 5.91 Å². The molecule has 0 aliphatic carbocycles. The van der Waals surface area contributed by atoms with Gasteiger partial charge in [0.15, 0.2) is 11.6 Å². The Morgan fingerprint density at radius 1 is 1.27 bits per heavy atom. The molecule has 0 bridgehead atoms. The van der Waals surface area contributed by atoms with Gasteiger partial charge in [-0.05, 0) is 25.3 Å². The Bertz CT molecular complexity index is 871. The van der Waals surface area contributed by atoms with Gasteiger partial charge in [0.05, 0.1) is 18.8 Å². The molecule has 7 heteroatoms. The van der Waals surface area contributed by atoms with Crippen LogP contribution in [0.15, 0.2) is 42.7 Å². The van der Waals surface area contributed by atoms with Crippen LogP contribution in [-0.2, 0) is 17.8 Å². The highest BCUT2D eigenvalue weighted by Gasteiger charge is 2.29. The Kier molecular flexibility index (Phi) is 4.51. The molecule has 1 N–H and O–H groups in total. The lowest BCUT2D eigenvalue weighted by molar-refractivity contribution is -0.133. The number of aromatic nitrogens is 5. The van der Waals surface area contributed by atoms with E-state index in [9.17, 15) is 4.79 Å². The fourth-order valence-corrected chi connectivity index (χ4v) is 3.52. The Balaban J connectivity index is 1.43. The summed E-state index contributed by atoms with van der Waals surface area (Å²) in [6, 6.07) is 10.2. The molecular formula is C19H22N6O. The van der Waals surface area contributed by atoms with Crippen molar-refractivity contribution in [3.8, 4) is 11.4 Å². The quantitative estimate of drug-likeness (QED) is 0.767. The number of hydrogen-bond acceptors (Lipinski definition) is 4. The molecule has 1 aliphatic rings. The van der Waals surface area contributed by atoms with Gasteiger partial charge >= 0.3 is 0 Å². The monoisotopic (exact) mass is 350 g/mol. The van der Waals surface area contributed by atoms with Crippen LogP contribution in [0.3, 0.4) is 0 Å². The average molecular weight is 350 g/mol. The van der Waals surface area contributed by atoms with Crippen molar-refractivity contribution >= 4 is 5.91 Å². The molecule has 0 saturated carbocycles. The number of amides is 1. The van der Waals surface area contributed by atoms with Crippen LogP contribution in [0.4, 0.5) is 0 Å². The number of fused-ring (bicyclic) bond motifs is 1. The Morgan fingerprint density at radius 2 is 2.12 bits per heavy atom. The third kappa shape index (κ3) is 3.24. The molecule has 0 spiro atoms. The number of carbonyl (C=O) groups excluding carboxylic acids is 1. The molecular weight excluding hydrogens is 328 g/mol. The van der Waals surface area contributed by atoms with Crippen LogP contribution < -0.4 is 0 Å². The lowest BCUT2D eigenvalue weighted by Crippen LogP contribution is -2.40. The molecule has 134 valence electrons. The molecule has 1 atom stereocenters.